The third-order valence-electron chi connectivity index (χ3n) is 7.13. The molecule has 0 atom stereocenters. The largest absolute Gasteiger partial charge is 0.256 e. The van der Waals surface area contributed by atoms with Gasteiger partial charge < -0.3 is 0 Å². The lowest BCUT2D eigenvalue weighted by Crippen LogP contribution is -1.93. The van der Waals surface area contributed by atoms with E-state index in [-0.39, 0.29) is 0 Å². The molecule has 2 heterocycles. The summed E-state index contributed by atoms with van der Waals surface area (Å²) < 4.78 is 0. The third kappa shape index (κ3) is 3.93. The highest BCUT2D eigenvalue weighted by Crippen LogP contribution is 2.40. The van der Waals surface area contributed by atoms with Crippen LogP contribution in [0.2, 0.25) is 0 Å². The summed E-state index contributed by atoms with van der Waals surface area (Å²) in [6.07, 6.45) is 1.84. The number of aromatic nitrogens is 2. The Morgan fingerprint density at radius 1 is 0.368 bits per heavy atom. The van der Waals surface area contributed by atoms with Crippen molar-refractivity contribution < 1.29 is 0 Å². The fourth-order valence-corrected chi connectivity index (χ4v) is 5.26. The summed E-state index contributed by atoms with van der Waals surface area (Å²) in [7, 11) is 0. The van der Waals surface area contributed by atoms with Gasteiger partial charge in [0.2, 0.25) is 0 Å². The zero-order valence-electron chi connectivity index (χ0n) is 20.8. The van der Waals surface area contributed by atoms with E-state index >= 15 is 0 Å². The Labute approximate surface area is 221 Å². The number of pyridine rings is 2. The Kier molecular flexibility index (Phi) is 5.49. The van der Waals surface area contributed by atoms with Crippen LogP contribution in [-0.2, 0) is 0 Å². The van der Waals surface area contributed by atoms with Crippen LogP contribution in [-0.4, -0.2) is 9.97 Å². The molecule has 5 aromatic carbocycles. The number of hydrogen-bond donors (Lipinski definition) is 0. The maximum Gasteiger partial charge on any atom is 0.0794 e. The molecular weight excluding hydrogens is 460 g/mol. The zero-order chi connectivity index (χ0) is 25.3. The van der Waals surface area contributed by atoms with Gasteiger partial charge in [0, 0.05) is 28.1 Å². The van der Waals surface area contributed by atoms with Crippen LogP contribution >= 0.6 is 0 Å². The molecule has 0 fully saturated rings. The maximum absolute atomic E-state index is 5.24. The molecule has 178 valence electrons. The normalized spacial score (nSPS) is 11.2. The predicted molar refractivity (Wildman–Crippen MR) is 159 cm³/mol. The van der Waals surface area contributed by atoms with Crippen LogP contribution in [0.3, 0.4) is 0 Å². The molecule has 0 saturated heterocycles. The van der Waals surface area contributed by atoms with Crippen molar-refractivity contribution in [2.75, 3.05) is 0 Å². The van der Waals surface area contributed by atoms with Crippen LogP contribution in [0.25, 0.3) is 66.4 Å². The van der Waals surface area contributed by atoms with Crippen molar-refractivity contribution in [3.05, 3.63) is 146 Å². The minimum atomic E-state index is 0.978. The molecule has 0 aliphatic carbocycles. The Morgan fingerprint density at radius 3 is 1.63 bits per heavy atom. The van der Waals surface area contributed by atoms with Gasteiger partial charge in [-0.05, 0) is 51.9 Å². The van der Waals surface area contributed by atoms with Gasteiger partial charge in [0.05, 0.1) is 16.9 Å². The summed E-state index contributed by atoms with van der Waals surface area (Å²) in [5.74, 6) is 0. The molecule has 2 nitrogen and oxygen atoms in total. The molecule has 0 N–H and O–H groups in total. The predicted octanol–water partition coefficient (Wildman–Crippen LogP) is 9.45. The zero-order valence-corrected chi connectivity index (χ0v) is 20.8. The van der Waals surface area contributed by atoms with E-state index in [2.05, 4.69) is 120 Å². The van der Waals surface area contributed by atoms with Gasteiger partial charge in [0.25, 0.3) is 0 Å². The first-order valence-corrected chi connectivity index (χ1v) is 12.8. The van der Waals surface area contributed by atoms with E-state index < -0.39 is 0 Å². The van der Waals surface area contributed by atoms with Crippen LogP contribution < -0.4 is 0 Å². The molecule has 0 radical (unpaired) electrons. The lowest BCUT2D eigenvalue weighted by molar-refractivity contribution is 1.33. The second-order valence-electron chi connectivity index (χ2n) is 9.45. The quantitative estimate of drug-likeness (QED) is 0.233. The SMILES string of the molecule is c1ccc(-c2cc(-c3ccccc3)c3cc(-c4ccc(-c5ccccn5)cc4)c4ccccc4c3n2)cc1. The first-order valence-electron chi connectivity index (χ1n) is 12.8. The molecule has 0 amide bonds. The summed E-state index contributed by atoms with van der Waals surface area (Å²) >= 11 is 0. The van der Waals surface area contributed by atoms with Gasteiger partial charge in [-0.2, -0.15) is 0 Å². The molecule has 2 aromatic heterocycles. The summed E-state index contributed by atoms with van der Waals surface area (Å²) in [6.45, 7) is 0. The minimum Gasteiger partial charge on any atom is -0.256 e. The fourth-order valence-electron chi connectivity index (χ4n) is 5.26. The average molecular weight is 485 g/mol. The second kappa shape index (κ2) is 9.42. The molecule has 7 rings (SSSR count). The van der Waals surface area contributed by atoms with Crippen LogP contribution in [0.5, 0.6) is 0 Å². The Morgan fingerprint density at radius 2 is 0.921 bits per heavy atom. The maximum atomic E-state index is 5.24. The first-order chi connectivity index (χ1) is 18.8. The summed E-state index contributed by atoms with van der Waals surface area (Å²) in [4.78, 5) is 9.75. The summed E-state index contributed by atoms with van der Waals surface area (Å²) in [5.41, 5.74) is 9.95. The van der Waals surface area contributed by atoms with Crippen LogP contribution in [0.15, 0.2) is 146 Å². The molecule has 7 aromatic rings. The molecule has 0 aliphatic rings. The number of nitrogens with zero attached hydrogens (tertiary/aromatic N) is 2. The highest BCUT2D eigenvalue weighted by Gasteiger charge is 2.15. The van der Waals surface area contributed by atoms with Gasteiger partial charge in [-0.3, -0.25) is 4.98 Å². The van der Waals surface area contributed by atoms with Crippen molar-refractivity contribution in [2.24, 2.45) is 0 Å². The second-order valence-corrected chi connectivity index (χ2v) is 9.45. The standard InChI is InChI=1S/C36H24N2/c1-3-11-25(12-4-1)32-24-35(27-13-5-2-6-14-27)38-36-30-16-8-7-15-29(30)31(23-33(32)36)26-18-20-28(21-19-26)34-17-9-10-22-37-34/h1-24H. The monoisotopic (exact) mass is 484 g/mol. The van der Waals surface area contributed by atoms with Gasteiger partial charge in [-0.15, -0.1) is 0 Å². The lowest BCUT2D eigenvalue weighted by Gasteiger charge is -2.16. The third-order valence-corrected chi connectivity index (χ3v) is 7.13. The molecule has 0 bridgehead atoms. The van der Waals surface area contributed by atoms with E-state index in [1.807, 2.05) is 30.5 Å². The van der Waals surface area contributed by atoms with E-state index in [0.29, 0.717) is 0 Å². The minimum absolute atomic E-state index is 0.978. The molecular formula is C36H24N2. The smallest absolute Gasteiger partial charge is 0.0794 e. The van der Waals surface area contributed by atoms with Gasteiger partial charge in [-0.1, -0.05) is 115 Å². The van der Waals surface area contributed by atoms with E-state index in [0.717, 1.165) is 38.8 Å². The Balaban J connectivity index is 1.50. The van der Waals surface area contributed by atoms with Crippen molar-refractivity contribution in [3.63, 3.8) is 0 Å². The van der Waals surface area contributed by atoms with Crippen molar-refractivity contribution in [2.45, 2.75) is 0 Å². The van der Waals surface area contributed by atoms with Crippen molar-refractivity contribution >= 4 is 21.7 Å². The Hall–Kier alpha value is -5.08. The van der Waals surface area contributed by atoms with Gasteiger partial charge in [0.1, 0.15) is 0 Å². The molecule has 38 heavy (non-hydrogen) atoms. The first kappa shape index (κ1) is 22.1. The van der Waals surface area contributed by atoms with Crippen molar-refractivity contribution in [1.82, 2.24) is 9.97 Å². The molecule has 0 spiro atoms. The number of benzene rings is 5. The van der Waals surface area contributed by atoms with E-state index in [1.54, 1.807) is 0 Å². The molecule has 0 saturated carbocycles. The van der Waals surface area contributed by atoms with Crippen molar-refractivity contribution in [3.8, 4) is 44.8 Å². The lowest BCUT2D eigenvalue weighted by atomic mass is 9.90. The van der Waals surface area contributed by atoms with Gasteiger partial charge >= 0.3 is 0 Å². The van der Waals surface area contributed by atoms with E-state index in [1.165, 1.54) is 27.6 Å². The van der Waals surface area contributed by atoms with Crippen LogP contribution in [0, 0.1) is 0 Å². The van der Waals surface area contributed by atoms with E-state index in [4.69, 9.17) is 4.98 Å². The van der Waals surface area contributed by atoms with E-state index in [9.17, 15) is 0 Å². The molecule has 0 aliphatic heterocycles. The van der Waals surface area contributed by atoms with Gasteiger partial charge in [0.15, 0.2) is 0 Å². The number of hydrogen-bond acceptors (Lipinski definition) is 2. The van der Waals surface area contributed by atoms with Crippen molar-refractivity contribution in [1.29, 1.82) is 0 Å². The topological polar surface area (TPSA) is 25.8 Å². The number of fused-ring (bicyclic) bond motifs is 3. The Bertz CT molecular complexity index is 1880. The molecule has 2 heteroatoms. The van der Waals surface area contributed by atoms with Crippen LogP contribution in [0.1, 0.15) is 0 Å². The highest BCUT2D eigenvalue weighted by molar-refractivity contribution is 6.16. The fraction of sp³-hybridized carbons (Fsp3) is 0. The average Bonchev–Trinajstić information content (AvgIpc) is 3.01. The highest BCUT2D eigenvalue weighted by atomic mass is 14.7. The van der Waals surface area contributed by atoms with Crippen LogP contribution in [0.4, 0.5) is 0 Å². The number of rotatable bonds is 4. The van der Waals surface area contributed by atoms with Gasteiger partial charge in [-0.25, -0.2) is 4.98 Å². The summed E-state index contributed by atoms with van der Waals surface area (Å²) in [5, 5.41) is 3.50. The molecule has 0 unspecified atom stereocenters. The summed E-state index contributed by atoms with van der Waals surface area (Å²) in [6, 6.07) is 49.0.